The fraction of sp³-hybridized carbons (Fsp3) is 0.630. The van der Waals surface area contributed by atoms with Gasteiger partial charge < -0.3 is 44.9 Å². The van der Waals surface area contributed by atoms with E-state index in [0.29, 0.717) is 65.1 Å². The number of alkyl halides is 3. The molecule has 0 aliphatic carbocycles. The van der Waals surface area contributed by atoms with Crippen LogP contribution in [0.15, 0.2) is 36.4 Å². The van der Waals surface area contributed by atoms with E-state index in [1.165, 1.54) is 15.9 Å². The number of urea groups is 1. The lowest BCUT2D eigenvalue weighted by atomic mass is 9.83. The van der Waals surface area contributed by atoms with Gasteiger partial charge in [-0.3, -0.25) is 19.3 Å². The van der Waals surface area contributed by atoms with Crippen molar-refractivity contribution < 1.29 is 51.4 Å². The molecule has 2 aromatic carbocycles. The van der Waals surface area contributed by atoms with Gasteiger partial charge in [0.2, 0.25) is 5.91 Å². The number of para-hydroxylation sites is 1. The number of amides is 5. The molecule has 0 aromatic heterocycles. The van der Waals surface area contributed by atoms with Crippen molar-refractivity contribution in [3.63, 3.8) is 0 Å². The highest BCUT2D eigenvalue weighted by Gasteiger charge is 2.37. The molecule has 358 valence electrons. The Hall–Kier alpha value is -4.81. The third-order valence-electron chi connectivity index (χ3n) is 13.3. The first kappa shape index (κ1) is 49.6. The first-order valence-corrected chi connectivity index (χ1v) is 23.2. The maximum absolute atomic E-state index is 14.1. The smallest absolute Gasteiger partial charge is 0.418 e. The van der Waals surface area contributed by atoms with Gasteiger partial charge in [0.15, 0.2) is 6.10 Å². The number of halogens is 4. The molecule has 65 heavy (non-hydrogen) atoms. The molecule has 3 fully saturated rings. The molecule has 0 radical (unpaired) electrons. The first-order chi connectivity index (χ1) is 31.1. The van der Waals surface area contributed by atoms with Crippen molar-refractivity contribution in [2.24, 2.45) is 11.8 Å². The molecule has 15 nitrogen and oxygen atoms in total. The van der Waals surface area contributed by atoms with Gasteiger partial charge in [-0.05, 0) is 86.1 Å². The van der Waals surface area contributed by atoms with Crippen molar-refractivity contribution in [1.29, 1.82) is 0 Å². The van der Waals surface area contributed by atoms with Gasteiger partial charge >= 0.3 is 24.3 Å². The number of nitrogen functional groups attached to an aromatic ring is 1. The Morgan fingerprint density at radius 3 is 2.37 bits per heavy atom. The normalized spacial score (nSPS) is 18.9. The maximum Gasteiger partial charge on any atom is 0.418 e. The van der Waals surface area contributed by atoms with Crippen LogP contribution in [0.2, 0.25) is 5.02 Å². The van der Waals surface area contributed by atoms with Crippen molar-refractivity contribution in [3.8, 4) is 0 Å². The van der Waals surface area contributed by atoms with Crippen molar-refractivity contribution >= 4 is 52.9 Å². The summed E-state index contributed by atoms with van der Waals surface area (Å²) in [7, 11) is 1.57. The van der Waals surface area contributed by atoms with E-state index in [9.17, 15) is 37.1 Å². The summed E-state index contributed by atoms with van der Waals surface area (Å²) >= 11 is 6.14. The Morgan fingerprint density at radius 2 is 1.66 bits per heavy atom. The van der Waals surface area contributed by atoms with E-state index in [2.05, 4.69) is 17.1 Å². The summed E-state index contributed by atoms with van der Waals surface area (Å²) in [4.78, 5) is 74.9. The number of esters is 1. The lowest BCUT2D eigenvalue weighted by molar-refractivity contribution is -0.146. The second-order valence-electron chi connectivity index (χ2n) is 17.6. The minimum atomic E-state index is -4.81. The summed E-state index contributed by atoms with van der Waals surface area (Å²) in [5.41, 5.74) is 5.73. The van der Waals surface area contributed by atoms with E-state index in [1.54, 1.807) is 16.8 Å². The molecule has 2 atom stereocenters. The summed E-state index contributed by atoms with van der Waals surface area (Å²) < 4.78 is 58.4. The fourth-order valence-corrected chi connectivity index (χ4v) is 9.40. The second-order valence-corrected chi connectivity index (χ2v) is 18.0. The lowest BCUT2D eigenvalue weighted by Crippen LogP contribution is -2.51. The zero-order chi connectivity index (χ0) is 46.7. The summed E-state index contributed by atoms with van der Waals surface area (Å²) in [5, 5.41) is 2.64. The number of rotatable bonds is 16. The maximum atomic E-state index is 14.1. The number of ether oxygens (including phenoxy) is 3. The standard InChI is InChI=1S/C46H63ClF3N7O8/c1-31(33-11-18-55(19-12-33)40(58)8-9-41(59)64-25-5-16-54-23-26-63-27-24-54)10-17-53(2)43(60)39(30-32-28-36(46(48,49)50)42(51)37(47)29-32)65-45(62)56-20-14-35(15-21-56)57-22-13-34-6-3-4-7-38(34)52-44(57)61/h3-4,6-7,28-29,31,33,35,39H,5,8-27,30,51H2,1-2H3,(H,52,61)/t31?,39-/m1/s1. The number of carbonyl (C=O) groups excluding carboxylic acids is 5. The van der Waals surface area contributed by atoms with Crippen LogP contribution in [-0.4, -0.2) is 152 Å². The molecule has 4 aliphatic heterocycles. The number of piperidine rings is 2. The Balaban J connectivity index is 0.986. The summed E-state index contributed by atoms with van der Waals surface area (Å²) in [6, 6.07) is 9.36. The van der Waals surface area contributed by atoms with Crippen LogP contribution in [0, 0.1) is 11.8 Å². The number of nitrogens with one attached hydrogen (secondary N) is 1. The van der Waals surface area contributed by atoms with E-state index < -0.39 is 35.5 Å². The number of nitrogens with zero attached hydrogens (tertiary/aromatic N) is 5. The largest absolute Gasteiger partial charge is 0.466 e. The van der Waals surface area contributed by atoms with Crippen LogP contribution < -0.4 is 11.1 Å². The summed E-state index contributed by atoms with van der Waals surface area (Å²) in [6.07, 6.45) is -2.89. The molecule has 0 saturated carbocycles. The molecule has 19 heteroatoms. The summed E-state index contributed by atoms with van der Waals surface area (Å²) in [5.74, 6) is -0.627. The molecule has 0 spiro atoms. The molecular formula is C46H63ClF3N7O8. The van der Waals surface area contributed by atoms with Crippen LogP contribution in [0.25, 0.3) is 0 Å². The third kappa shape index (κ3) is 13.9. The molecule has 2 aromatic rings. The molecule has 4 heterocycles. The number of fused-ring (bicyclic) bond motifs is 1. The Kier molecular flexibility index (Phi) is 17.6. The quantitative estimate of drug-likeness (QED) is 0.111. The van der Waals surface area contributed by atoms with E-state index in [-0.39, 0.29) is 85.3 Å². The average Bonchev–Trinajstić information content (AvgIpc) is 3.47. The van der Waals surface area contributed by atoms with Crippen molar-refractivity contribution in [2.75, 3.05) is 96.8 Å². The molecular weight excluding hydrogens is 871 g/mol. The lowest BCUT2D eigenvalue weighted by Gasteiger charge is -2.38. The molecule has 4 aliphatic rings. The average molecular weight is 934 g/mol. The minimum absolute atomic E-state index is 0.0222. The minimum Gasteiger partial charge on any atom is -0.466 e. The number of carbonyl (C=O) groups is 5. The van der Waals surface area contributed by atoms with Gasteiger partial charge in [-0.25, -0.2) is 9.59 Å². The highest BCUT2D eigenvalue weighted by Crippen LogP contribution is 2.38. The number of likely N-dealkylation sites (tertiary alicyclic amines) is 2. The van der Waals surface area contributed by atoms with Gasteiger partial charge in [-0.2, -0.15) is 13.2 Å². The Labute approximate surface area is 384 Å². The van der Waals surface area contributed by atoms with Gasteiger partial charge in [-0.1, -0.05) is 36.7 Å². The molecule has 5 amide bonds. The predicted molar refractivity (Wildman–Crippen MR) is 238 cm³/mol. The van der Waals surface area contributed by atoms with Crippen LogP contribution in [0.1, 0.15) is 75.0 Å². The van der Waals surface area contributed by atoms with E-state index in [4.69, 9.17) is 31.5 Å². The van der Waals surface area contributed by atoms with E-state index >= 15 is 0 Å². The van der Waals surface area contributed by atoms with Crippen LogP contribution in [0.3, 0.4) is 0 Å². The Morgan fingerprint density at radius 1 is 0.969 bits per heavy atom. The highest BCUT2D eigenvalue weighted by atomic mass is 35.5. The van der Waals surface area contributed by atoms with Gasteiger partial charge in [0, 0.05) is 90.5 Å². The molecule has 0 bridgehead atoms. The number of anilines is 2. The topological polar surface area (TPSA) is 167 Å². The number of benzene rings is 2. The summed E-state index contributed by atoms with van der Waals surface area (Å²) in [6.45, 7) is 8.79. The monoisotopic (exact) mass is 933 g/mol. The van der Waals surface area contributed by atoms with Gasteiger partial charge in [-0.15, -0.1) is 0 Å². The van der Waals surface area contributed by atoms with Crippen LogP contribution >= 0.6 is 11.6 Å². The number of likely N-dealkylation sites (N-methyl/N-ethyl adjacent to an activating group) is 1. The van der Waals surface area contributed by atoms with Gasteiger partial charge in [0.05, 0.1) is 42.5 Å². The number of morpholine rings is 1. The fourth-order valence-electron chi connectivity index (χ4n) is 9.16. The van der Waals surface area contributed by atoms with E-state index in [1.807, 2.05) is 24.3 Å². The zero-order valence-electron chi connectivity index (χ0n) is 37.4. The predicted octanol–water partition coefficient (Wildman–Crippen LogP) is 6.31. The van der Waals surface area contributed by atoms with Crippen molar-refractivity contribution in [2.45, 2.75) is 89.5 Å². The van der Waals surface area contributed by atoms with Crippen LogP contribution in [-0.2, 0) is 47.6 Å². The second kappa shape index (κ2) is 23.1. The van der Waals surface area contributed by atoms with E-state index in [0.717, 1.165) is 56.2 Å². The van der Waals surface area contributed by atoms with Crippen molar-refractivity contribution in [3.05, 3.63) is 58.1 Å². The molecule has 3 saturated heterocycles. The number of hydrogen-bond acceptors (Lipinski definition) is 10. The third-order valence-corrected chi connectivity index (χ3v) is 13.6. The van der Waals surface area contributed by atoms with Gasteiger partial charge in [0.1, 0.15) is 0 Å². The SMILES string of the molecule is CC(CCN(C)C(=O)[C@@H](Cc1cc(Cl)c(N)c(C(F)(F)F)c1)OC(=O)N1CCC(N2CCc3ccccc3NC2=O)CC1)C1CCN(C(=O)CCC(=O)OCCCN2CCOCC2)CC1. The number of nitrogens with two attached hydrogens (primary N) is 1. The van der Waals surface area contributed by atoms with Gasteiger partial charge in [0.25, 0.3) is 5.91 Å². The number of hydrogen-bond donors (Lipinski definition) is 2. The molecule has 1 unspecified atom stereocenters. The highest BCUT2D eigenvalue weighted by molar-refractivity contribution is 6.33. The zero-order valence-corrected chi connectivity index (χ0v) is 38.2. The Bertz CT molecular complexity index is 1970. The van der Waals surface area contributed by atoms with Crippen LogP contribution in [0.4, 0.5) is 34.1 Å². The van der Waals surface area contributed by atoms with Crippen LogP contribution in [0.5, 0.6) is 0 Å². The molecule has 3 N–H and O–H groups in total. The van der Waals surface area contributed by atoms with Crippen molar-refractivity contribution in [1.82, 2.24) is 24.5 Å². The molecule has 6 rings (SSSR count). The first-order valence-electron chi connectivity index (χ1n) is 22.8.